The molecule has 0 atom stereocenters. The van der Waals surface area contributed by atoms with Crippen LogP contribution in [-0.2, 0) is 4.74 Å². The highest BCUT2D eigenvalue weighted by molar-refractivity contribution is 6.01. The first-order chi connectivity index (χ1) is 7.58. The summed E-state index contributed by atoms with van der Waals surface area (Å²) in [6.45, 7) is 3.64. The standard InChI is InChI=1S/C11H14N2O3/c1-3-16-11(14)9-4-8(7(2)13-15)5-10(12)6-9/h4-6,15H,3,12H2,1-2H3. The fourth-order valence-corrected chi connectivity index (χ4v) is 1.25. The Morgan fingerprint density at radius 2 is 2.06 bits per heavy atom. The second-order valence-corrected chi connectivity index (χ2v) is 3.25. The summed E-state index contributed by atoms with van der Waals surface area (Å²) in [5, 5.41) is 11.7. The third-order valence-electron chi connectivity index (χ3n) is 2.03. The van der Waals surface area contributed by atoms with Crippen LogP contribution in [0.25, 0.3) is 0 Å². The summed E-state index contributed by atoms with van der Waals surface area (Å²) in [6.07, 6.45) is 0. The summed E-state index contributed by atoms with van der Waals surface area (Å²) in [5.74, 6) is -0.443. The minimum absolute atomic E-state index is 0.302. The fourth-order valence-electron chi connectivity index (χ4n) is 1.25. The zero-order valence-corrected chi connectivity index (χ0v) is 9.23. The van der Waals surface area contributed by atoms with Gasteiger partial charge in [0.15, 0.2) is 0 Å². The molecule has 1 aromatic rings. The van der Waals surface area contributed by atoms with Gasteiger partial charge in [-0.1, -0.05) is 5.16 Å². The highest BCUT2D eigenvalue weighted by Crippen LogP contribution is 2.14. The number of benzene rings is 1. The Morgan fingerprint density at radius 1 is 1.44 bits per heavy atom. The minimum Gasteiger partial charge on any atom is -0.462 e. The molecule has 16 heavy (non-hydrogen) atoms. The normalized spacial score (nSPS) is 11.2. The molecule has 0 bridgehead atoms. The molecule has 5 heteroatoms. The Labute approximate surface area is 93.5 Å². The maximum atomic E-state index is 11.5. The van der Waals surface area contributed by atoms with Crippen LogP contribution in [0.4, 0.5) is 5.69 Å². The van der Waals surface area contributed by atoms with Crippen molar-refractivity contribution in [1.29, 1.82) is 0 Å². The van der Waals surface area contributed by atoms with E-state index in [0.29, 0.717) is 29.1 Å². The molecule has 0 saturated carbocycles. The van der Waals surface area contributed by atoms with E-state index in [0.717, 1.165) is 0 Å². The molecule has 5 nitrogen and oxygen atoms in total. The highest BCUT2D eigenvalue weighted by Gasteiger charge is 2.10. The number of hydrogen-bond acceptors (Lipinski definition) is 5. The second kappa shape index (κ2) is 5.16. The lowest BCUT2D eigenvalue weighted by Crippen LogP contribution is -2.07. The van der Waals surface area contributed by atoms with Crippen molar-refractivity contribution >= 4 is 17.4 Å². The largest absolute Gasteiger partial charge is 0.462 e. The molecule has 0 unspecified atom stereocenters. The van der Waals surface area contributed by atoms with E-state index in [4.69, 9.17) is 15.7 Å². The van der Waals surface area contributed by atoms with Crippen molar-refractivity contribution in [2.75, 3.05) is 12.3 Å². The zero-order valence-electron chi connectivity index (χ0n) is 9.23. The van der Waals surface area contributed by atoms with Crippen LogP contribution in [0.2, 0.25) is 0 Å². The van der Waals surface area contributed by atoms with Gasteiger partial charge in [-0.2, -0.15) is 0 Å². The van der Waals surface area contributed by atoms with E-state index in [1.54, 1.807) is 26.0 Å². The number of nitrogens with two attached hydrogens (primary N) is 1. The maximum absolute atomic E-state index is 11.5. The number of anilines is 1. The topological polar surface area (TPSA) is 84.9 Å². The Morgan fingerprint density at radius 3 is 2.62 bits per heavy atom. The van der Waals surface area contributed by atoms with Crippen LogP contribution in [-0.4, -0.2) is 23.5 Å². The number of oxime groups is 1. The van der Waals surface area contributed by atoms with Crippen molar-refractivity contribution in [1.82, 2.24) is 0 Å². The predicted octanol–water partition coefficient (Wildman–Crippen LogP) is 1.64. The SMILES string of the molecule is CCOC(=O)c1cc(N)cc(C(C)=NO)c1. The average molecular weight is 222 g/mol. The monoisotopic (exact) mass is 222 g/mol. The molecule has 3 N–H and O–H groups in total. The molecule has 0 aliphatic heterocycles. The summed E-state index contributed by atoms with van der Waals surface area (Å²) in [5.41, 5.74) is 7.38. The van der Waals surface area contributed by atoms with E-state index in [1.807, 2.05) is 0 Å². The van der Waals surface area contributed by atoms with Crippen LogP contribution in [0, 0.1) is 0 Å². The average Bonchev–Trinajstić information content (AvgIpc) is 2.27. The Balaban J connectivity index is 3.13. The Kier molecular flexibility index (Phi) is 3.88. The van der Waals surface area contributed by atoms with Gasteiger partial charge in [0, 0.05) is 11.3 Å². The number of hydrogen-bond donors (Lipinski definition) is 2. The summed E-state index contributed by atoms with van der Waals surface area (Å²) in [4.78, 5) is 11.5. The molecule has 0 aliphatic carbocycles. The lowest BCUT2D eigenvalue weighted by atomic mass is 10.1. The third kappa shape index (κ3) is 2.73. The Hall–Kier alpha value is -2.04. The molecule has 86 valence electrons. The molecule has 0 spiro atoms. The van der Waals surface area contributed by atoms with E-state index >= 15 is 0 Å². The molecular weight excluding hydrogens is 208 g/mol. The van der Waals surface area contributed by atoms with Crippen LogP contribution in [0.15, 0.2) is 23.4 Å². The number of nitrogens with zero attached hydrogens (tertiary/aromatic N) is 1. The van der Waals surface area contributed by atoms with Crippen molar-refractivity contribution in [3.05, 3.63) is 29.3 Å². The van der Waals surface area contributed by atoms with Gasteiger partial charge in [-0.05, 0) is 32.0 Å². The predicted molar refractivity (Wildman–Crippen MR) is 60.8 cm³/mol. The molecular formula is C11H14N2O3. The van der Waals surface area contributed by atoms with E-state index in [1.165, 1.54) is 6.07 Å². The van der Waals surface area contributed by atoms with Crippen LogP contribution in [0.5, 0.6) is 0 Å². The molecule has 0 aliphatic rings. The van der Waals surface area contributed by atoms with E-state index in [-0.39, 0.29) is 0 Å². The maximum Gasteiger partial charge on any atom is 0.338 e. The van der Waals surface area contributed by atoms with Crippen molar-refractivity contribution in [3.8, 4) is 0 Å². The van der Waals surface area contributed by atoms with Gasteiger partial charge in [0.2, 0.25) is 0 Å². The van der Waals surface area contributed by atoms with E-state index in [9.17, 15) is 4.79 Å². The van der Waals surface area contributed by atoms with Crippen molar-refractivity contribution in [2.45, 2.75) is 13.8 Å². The molecule has 0 radical (unpaired) electrons. The fraction of sp³-hybridized carbons (Fsp3) is 0.273. The highest BCUT2D eigenvalue weighted by atomic mass is 16.5. The van der Waals surface area contributed by atoms with Crippen molar-refractivity contribution in [2.24, 2.45) is 5.16 Å². The van der Waals surface area contributed by atoms with Gasteiger partial charge >= 0.3 is 5.97 Å². The van der Waals surface area contributed by atoms with Crippen LogP contribution in [0.1, 0.15) is 29.8 Å². The molecule has 0 fully saturated rings. The van der Waals surface area contributed by atoms with Gasteiger partial charge in [-0.15, -0.1) is 0 Å². The summed E-state index contributed by atoms with van der Waals surface area (Å²) >= 11 is 0. The second-order valence-electron chi connectivity index (χ2n) is 3.25. The Bertz CT molecular complexity index is 427. The third-order valence-corrected chi connectivity index (χ3v) is 2.03. The lowest BCUT2D eigenvalue weighted by Gasteiger charge is -2.06. The number of nitrogen functional groups attached to an aromatic ring is 1. The van der Waals surface area contributed by atoms with Crippen molar-refractivity contribution in [3.63, 3.8) is 0 Å². The van der Waals surface area contributed by atoms with E-state index < -0.39 is 5.97 Å². The van der Waals surface area contributed by atoms with E-state index in [2.05, 4.69) is 5.16 Å². The number of ether oxygens (including phenoxy) is 1. The van der Waals surface area contributed by atoms with Gasteiger partial charge in [-0.3, -0.25) is 0 Å². The molecule has 0 amide bonds. The van der Waals surface area contributed by atoms with Crippen LogP contribution < -0.4 is 5.73 Å². The van der Waals surface area contributed by atoms with Gasteiger partial charge in [0.25, 0.3) is 0 Å². The smallest absolute Gasteiger partial charge is 0.338 e. The molecule has 1 aromatic carbocycles. The lowest BCUT2D eigenvalue weighted by molar-refractivity contribution is 0.0526. The quantitative estimate of drug-likeness (QED) is 0.268. The first kappa shape index (κ1) is 12.0. The van der Waals surface area contributed by atoms with Crippen LogP contribution in [0.3, 0.4) is 0 Å². The molecule has 0 saturated heterocycles. The van der Waals surface area contributed by atoms with Gasteiger partial charge < -0.3 is 15.7 Å². The number of rotatable bonds is 3. The van der Waals surface area contributed by atoms with Crippen molar-refractivity contribution < 1.29 is 14.7 Å². The summed E-state index contributed by atoms with van der Waals surface area (Å²) in [7, 11) is 0. The summed E-state index contributed by atoms with van der Waals surface area (Å²) in [6, 6.07) is 4.72. The number of carbonyl (C=O) groups is 1. The number of esters is 1. The van der Waals surface area contributed by atoms with Gasteiger partial charge in [-0.25, -0.2) is 4.79 Å². The minimum atomic E-state index is -0.443. The van der Waals surface area contributed by atoms with Gasteiger partial charge in [0.1, 0.15) is 0 Å². The summed E-state index contributed by atoms with van der Waals surface area (Å²) < 4.78 is 4.85. The first-order valence-corrected chi connectivity index (χ1v) is 4.85. The number of carbonyl (C=O) groups excluding carboxylic acids is 1. The molecule has 1 rings (SSSR count). The molecule has 0 heterocycles. The van der Waals surface area contributed by atoms with Crippen LogP contribution >= 0.6 is 0 Å². The van der Waals surface area contributed by atoms with Gasteiger partial charge in [0.05, 0.1) is 17.9 Å². The first-order valence-electron chi connectivity index (χ1n) is 4.85. The zero-order chi connectivity index (χ0) is 12.1. The molecule has 0 aromatic heterocycles.